The van der Waals surface area contributed by atoms with Crippen LogP contribution in [-0.2, 0) is 0 Å². The predicted molar refractivity (Wildman–Crippen MR) is 351 cm³/mol. The van der Waals surface area contributed by atoms with Gasteiger partial charge in [-0.05, 0) is 169 Å². The Balaban J connectivity index is 0.772. The minimum absolute atomic E-state index is 0.894. The van der Waals surface area contributed by atoms with Crippen molar-refractivity contribution in [1.29, 1.82) is 0 Å². The second-order valence-corrected chi connectivity index (χ2v) is 22.8. The molecule has 0 amide bonds. The first-order valence-corrected chi connectivity index (χ1v) is 28.8. The van der Waals surface area contributed by atoms with Crippen LogP contribution in [0.1, 0.15) is 11.1 Å². The van der Waals surface area contributed by atoms with Gasteiger partial charge in [0.2, 0.25) is 0 Å². The Morgan fingerprint density at radius 3 is 1.65 bits per heavy atom. The number of benzene rings is 13. The highest BCUT2D eigenvalue weighted by atomic mass is 32.1. The fourth-order valence-electron chi connectivity index (χ4n) is 13.6. The second-order valence-electron chi connectivity index (χ2n) is 21.7. The van der Waals surface area contributed by atoms with E-state index >= 15 is 0 Å². The Morgan fingerprint density at radius 1 is 0.366 bits per heavy atom. The topological polar surface area (TPSA) is 35.6 Å². The fourth-order valence-corrected chi connectivity index (χ4v) is 14.7. The van der Waals surface area contributed by atoms with E-state index < -0.39 is 0 Å². The summed E-state index contributed by atoms with van der Waals surface area (Å²) >= 11 is 1.86. The van der Waals surface area contributed by atoms with Gasteiger partial charge in [-0.3, -0.25) is 9.97 Å². The summed E-state index contributed by atoms with van der Waals surface area (Å²) in [6.07, 6.45) is 9.70. The molecule has 0 aliphatic carbocycles. The zero-order chi connectivity index (χ0) is 54.2. The molecule has 4 heterocycles. The maximum atomic E-state index is 5.09. The molecule has 4 nitrogen and oxygen atoms in total. The van der Waals surface area contributed by atoms with E-state index in [9.17, 15) is 0 Å². The smallest absolute Gasteiger partial charge is 0.0971 e. The molecule has 0 N–H and O–H groups in total. The number of hydrogen-bond acceptors (Lipinski definition) is 3. The SMILES string of the molecule is C=C/C=C\c1c(C)c2ccc(-c3cccc(-c4ccc5c6ccc(-c7cccc8c7c7ccccc7n8-c7ccc8c(c7)c7ccccc7n8-c7ccc8sc9ccccc9c8c7)cc6c6nccnc6c5c4)c3)cc2c2ccccc12. The lowest BCUT2D eigenvalue weighted by Crippen LogP contribution is -1.96. The van der Waals surface area contributed by atoms with Gasteiger partial charge in [0.15, 0.2) is 0 Å². The molecule has 0 atom stereocenters. The number of aryl methyl sites for hydroxylation is 1. The maximum Gasteiger partial charge on any atom is 0.0971 e. The molecule has 17 aromatic rings. The molecule has 0 unspecified atom stereocenters. The van der Waals surface area contributed by atoms with Crippen molar-refractivity contribution >= 4 is 135 Å². The number of para-hydroxylation sites is 2. The van der Waals surface area contributed by atoms with Gasteiger partial charge >= 0.3 is 0 Å². The molecule has 0 saturated carbocycles. The maximum absolute atomic E-state index is 5.09. The highest BCUT2D eigenvalue weighted by Gasteiger charge is 2.21. The third-order valence-corrected chi connectivity index (χ3v) is 18.5. The van der Waals surface area contributed by atoms with Gasteiger partial charge in [-0.25, -0.2) is 0 Å². The van der Waals surface area contributed by atoms with E-state index in [1.165, 1.54) is 113 Å². The van der Waals surface area contributed by atoms with E-state index in [-0.39, 0.29) is 0 Å². The lowest BCUT2D eigenvalue weighted by atomic mass is 9.89. The quantitative estimate of drug-likeness (QED) is 0.118. The molecule has 0 bridgehead atoms. The van der Waals surface area contributed by atoms with Crippen LogP contribution < -0.4 is 0 Å². The summed E-state index contributed by atoms with van der Waals surface area (Å²) in [5.74, 6) is 0. The van der Waals surface area contributed by atoms with Gasteiger partial charge < -0.3 is 9.13 Å². The number of allylic oxidation sites excluding steroid dienone is 2. The van der Waals surface area contributed by atoms with Crippen molar-refractivity contribution < 1.29 is 0 Å². The van der Waals surface area contributed by atoms with Crippen LogP contribution in [0.2, 0.25) is 0 Å². The Hall–Kier alpha value is -10.5. The zero-order valence-corrected chi connectivity index (χ0v) is 45.5. The molecule has 82 heavy (non-hydrogen) atoms. The summed E-state index contributed by atoms with van der Waals surface area (Å²) in [6.45, 7) is 6.15. The van der Waals surface area contributed by atoms with E-state index in [4.69, 9.17) is 9.97 Å². The van der Waals surface area contributed by atoms with Crippen molar-refractivity contribution in [1.82, 2.24) is 19.1 Å². The van der Waals surface area contributed by atoms with Gasteiger partial charge in [0, 0.05) is 76.3 Å². The second kappa shape index (κ2) is 18.0. The largest absolute Gasteiger partial charge is 0.309 e. The summed E-state index contributed by atoms with van der Waals surface area (Å²) in [5, 5.41) is 17.0. The molecule has 0 spiro atoms. The summed E-state index contributed by atoms with van der Waals surface area (Å²) < 4.78 is 7.51. The molecule has 13 aromatic carbocycles. The first-order chi connectivity index (χ1) is 40.5. The normalized spacial score (nSPS) is 12.2. The lowest BCUT2D eigenvalue weighted by Gasteiger charge is -2.15. The molecule has 4 aromatic heterocycles. The van der Waals surface area contributed by atoms with E-state index in [1.54, 1.807) is 0 Å². The highest BCUT2D eigenvalue weighted by molar-refractivity contribution is 7.25. The van der Waals surface area contributed by atoms with Crippen LogP contribution in [0.4, 0.5) is 0 Å². The molecule has 5 heteroatoms. The third-order valence-electron chi connectivity index (χ3n) is 17.3. The molecule has 0 saturated heterocycles. The minimum atomic E-state index is 0.894. The molecule has 0 aliphatic rings. The number of aromatic nitrogens is 4. The van der Waals surface area contributed by atoms with Crippen LogP contribution in [0.3, 0.4) is 0 Å². The van der Waals surface area contributed by atoms with E-state index in [0.29, 0.717) is 0 Å². The van der Waals surface area contributed by atoms with Crippen molar-refractivity contribution in [3.63, 3.8) is 0 Å². The van der Waals surface area contributed by atoms with Crippen LogP contribution in [0, 0.1) is 6.92 Å². The van der Waals surface area contributed by atoms with Crippen molar-refractivity contribution in [2.24, 2.45) is 0 Å². The Kier molecular flexibility index (Phi) is 10.2. The monoisotopic (exact) mass is 1060 g/mol. The van der Waals surface area contributed by atoms with Gasteiger partial charge in [0.25, 0.3) is 0 Å². The number of nitrogens with zero attached hydrogens (tertiary/aromatic N) is 4. The van der Waals surface area contributed by atoms with Crippen molar-refractivity contribution in [3.8, 4) is 44.8 Å². The standard InChI is InChI=1S/C77H48N4S/c1-3-4-17-54-46(2)55-33-28-49(41-64(55)58-19-6-5-18-57(54)58)47-15-13-16-48(40-47)50-29-34-59-60-35-30-51(43-68(60)77-76(67(59)42-50)78-38-39-79-77)56-23-14-26-72-75(56)63-22-8-11-25-70(63)81(72)52-31-36-71-65(44-52)61-20-7-10-24-69(61)80(71)53-32-37-74-66(45-53)62-21-9-12-27-73(62)82-74/h3-45H,1H2,2H3/b17-4-. The number of thiophene rings is 1. The summed E-state index contributed by atoms with van der Waals surface area (Å²) in [7, 11) is 0. The van der Waals surface area contributed by atoms with Crippen molar-refractivity contribution in [2.75, 3.05) is 0 Å². The van der Waals surface area contributed by atoms with Gasteiger partial charge in [-0.1, -0.05) is 170 Å². The molecule has 0 fully saturated rings. The van der Waals surface area contributed by atoms with Gasteiger partial charge in [-0.2, -0.15) is 0 Å². The molecule has 382 valence electrons. The van der Waals surface area contributed by atoms with Gasteiger partial charge in [0.05, 0.1) is 33.1 Å². The zero-order valence-electron chi connectivity index (χ0n) is 44.7. The summed E-state index contributed by atoms with van der Waals surface area (Å²) in [4.78, 5) is 10.2. The Morgan fingerprint density at radius 2 is 0.890 bits per heavy atom. The number of fused-ring (bicyclic) bond motifs is 18. The van der Waals surface area contributed by atoms with Crippen molar-refractivity contribution in [3.05, 3.63) is 273 Å². The lowest BCUT2D eigenvalue weighted by molar-refractivity contribution is 1.17. The molecule has 17 rings (SSSR count). The van der Waals surface area contributed by atoms with Crippen LogP contribution in [0.15, 0.2) is 262 Å². The predicted octanol–water partition coefficient (Wildman–Crippen LogP) is 21.3. The van der Waals surface area contributed by atoms with Crippen LogP contribution in [0.5, 0.6) is 0 Å². The van der Waals surface area contributed by atoms with Gasteiger partial charge in [0.1, 0.15) is 0 Å². The first-order valence-electron chi connectivity index (χ1n) is 28.0. The molecular formula is C77H48N4S. The number of hydrogen-bond donors (Lipinski definition) is 0. The van der Waals surface area contributed by atoms with E-state index in [1.807, 2.05) is 35.9 Å². The summed E-state index contributed by atoms with van der Waals surface area (Å²) in [5.41, 5.74) is 18.2. The molecular weight excluding hydrogens is 1010 g/mol. The Labute approximate surface area is 476 Å². The Bertz CT molecular complexity index is 5610. The van der Waals surface area contributed by atoms with Gasteiger partial charge in [-0.15, -0.1) is 11.3 Å². The van der Waals surface area contributed by atoms with E-state index in [2.05, 4.69) is 259 Å². The van der Waals surface area contributed by atoms with Crippen molar-refractivity contribution in [2.45, 2.75) is 6.92 Å². The average Bonchev–Trinajstić information content (AvgIpc) is 3.62. The minimum Gasteiger partial charge on any atom is -0.309 e. The third kappa shape index (κ3) is 6.90. The van der Waals surface area contributed by atoms with Crippen LogP contribution in [0.25, 0.3) is 169 Å². The first kappa shape index (κ1) is 46.5. The number of rotatable bonds is 7. The van der Waals surface area contributed by atoms with E-state index in [0.717, 1.165) is 60.5 Å². The van der Waals surface area contributed by atoms with Crippen LogP contribution >= 0.6 is 11.3 Å². The average molecular weight is 1060 g/mol. The molecule has 0 aliphatic heterocycles. The van der Waals surface area contributed by atoms with Crippen LogP contribution in [-0.4, -0.2) is 19.1 Å². The fraction of sp³-hybridized carbons (Fsp3) is 0.0130. The highest BCUT2D eigenvalue weighted by Crippen LogP contribution is 2.45. The molecule has 0 radical (unpaired) electrons. The summed E-state index contributed by atoms with van der Waals surface area (Å²) in [6, 6.07) is 85.6.